The highest BCUT2D eigenvalue weighted by atomic mass is 31.2. The summed E-state index contributed by atoms with van der Waals surface area (Å²) >= 11 is 0. The molecule has 3 N–H and O–H groups in total. The van der Waals surface area contributed by atoms with E-state index < -0.39 is 97.5 Å². The molecule has 0 aromatic heterocycles. The van der Waals surface area contributed by atoms with Crippen LogP contribution in [0.3, 0.4) is 0 Å². The van der Waals surface area contributed by atoms with Crippen LogP contribution in [0, 0.1) is 0 Å². The number of rotatable bonds is 73. The van der Waals surface area contributed by atoms with E-state index in [1.54, 1.807) is 0 Å². The number of unbranched alkanes of at least 4 members (excludes halogenated alkanes) is 21. The summed E-state index contributed by atoms with van der Waals surface area (Å²) in [6.45, 7) is 4.47. The minimum absolute atomic E-state index is 0.0658. The lowest BCUT2D eigenvalue weighted by Crippen LogP contribution is -2.30. The Morgan fingerprint density at radius 3 is 0.817 bits per heavy atom. The molecule has 104 heavy (non-hydrogen) atoms. The number of hydrogen-bond donors (Lipinski definition) is 3. The minimum atomic E-state index is -5.00. The topological polar surface area (TPSA) is 237 Å². The highest BCUT2D eigenvalue weighted by Gasteiger charge is 2.30. The van der Waals surface area contributed by atoms with Crippen LogP contribution in [0.1, 0.15) is 297 Å². The van der Waals surface area contributed by atoms with Crippen LogP contribution in [0.4, 0.5) is 0 Å². The van der Waals surface area contributed by atoms with Gasteiger partial charge < -0.3 is 33.8 Å². The zero-order valence-corrected chi connectivity index (χ0v) is 66.4. The van der Waals surface area contributed by atoms with Gasteiger partial charge >= 0.3 is 39.5 Å². The molecule has 0 aromatic rings. The molecule has 17 nitrogen and oxygen atoms in total. The van der Waals surface area contributed by atoms with E-state index in [1.807, 2.05) is 0 Å². The van der Waals surface area contributed by atoms with E-state index in [-0.39, 0.29) is 25.7 Å². The van der Waals surface area contributed by atoms with Gasteiger partial charge in [-0.25, -0.2) is 9.13 Å². The van der Waals surface area contributed by atoms with Gasteiger partial charge in [-0.2, -0.15) is 0 Å². The predicted molar refractivity (Wildman–Crippen MR) is 427 cm³/mol. The Morgan fingerprint density at radius 1 is 0.279 bits per heavy atom. The Bertz CT molecular complexity index is 2590. The maximum absolute atomic E-state index is 13.1. The van der Waals surface area contributed by atoms with Crippen LogP contribution in [-0.4, -0.2) is 96.7 Å². The summed E-state index contributed by atoms with van der Waals surface area (Å²) in [6.07, 6.45) is 88.0. The zero-order valence-electron chi connectivity index (χ0n) is 64.6. The number of esters is 4. The molecule has 0 aliphatic heterocycles. The van der Waals surface area contributed by atoms with Gasteiger partial charge in [0.15, 0.2) is 12.2 Å². The summed E-state index contributed by atoms with van der Waals surface area (Å²) in [5.41, 5.74) is 0. The molecule has 0 aliphatic rings. The first kappa shape index (κ1) is 98.7. The third-order valence-electron chi connectivity index (χ3n) is 16.0. The molecule has 19 heteroatoms. The molecular weight excluding hydrogens is 1350 g/mol. The van der Waals surface area contributed by atoms with Gasteiger partial charge in [-0.3, -0.25) is 37.3 Å². The highest BCUT2D eigenvalue weighted by Crippen LogP contribution is 2.45. The maximum atomic E-state index is 13.1. The van der Waals surface area contributed by atoms with Crippen molar-refractivity contribution in [2.45, 2.75) is 316 Å². The molecule has 5 unspecified atom stereocenters. The fourth-order valence-corrected chi connectivity index (χ4v) is 11.5. The van der Waals surface area contributed by atoms with Gasteiger partial charge in [-0.1, -0.05) is 263 Å². The lowest BCUT2D eigenvalue weighted by Gasteiger charge is -2.21. The number of allylic oxidation sites excluding steroid dienone is 26. The van der Waals surface area contributed by atoms with Crippen molar-refractivity contribution in [2.75, 3.05) is 39.6 Å². The molecule has 0 amide bonds. The van der Waals surface area contributed by atoms with Crippen molar-refractivity contribution >= 4 is 39.5 Å². The van der Waals surface area contributed by atoms with Crippen molar-refractivity contribution in [3.8, 4) is 0 Å². The molecule has 592 valence electrons. The van der Waals surface area contributed by atoms with Crippen molar-refractivity contribution in [1.82, 2.24) is 0 Å². The number of ether oxygens (including phenoxy) is 4. The molecule has 5 atom stereocenters. The Hall–Kier alpha value is -5.32. The van der Waals surface area contributed by atoms with E-state index in [0.29, 0.717) is 25.7 Å². The number of aliphatic hydroxyl groups excluding tert-OH is 1. The molecule has 0 aromatic carbocycles. The van der Waals surface area contributed by atoms with E-state index in [2.05, 4.69) is 186 Å². The molecular formula is C85H140O17P2. The van der Waals surface area contributed by atoms with Crippen molar-refractivity contribution < 1.29 is 80.2 Å². The van der Waals surface area contributed by atoms with Gasteiger partial charge in [0, 0.05) is 25.7 Å². The van der Waals surface area contributed by atoms with E-state index in [9.17, 15) is 43.2 Å². The molecule has 0 aliphatic carbocycles. The second kappa shape index (κ2) is 75.9. The second-order valence-corrected chi connectivity index (χ2v) is 28.8. The summed E-state index contributed by atoms with van der Waals surface area (Å²) in [5.74, 6) is -2.28. The maximum Gasteiger partial charge on any atom is 0.472 e. The number of hydrogen-bond acceptors (Lipinski definition) is 15. The van der Waals surface area contributed by atoms with E-state index in [1.165, 1.54) is 32.1 Å². The van der Waals surface area contributed by atoms with Crippen molar-refractivity contribution in [3.63, 3.8) is 0 Å². The van der Waals surface area contributed by atoms with Gasteiger partial charge in [0.25, 0.3) is 0 Å². The standard InChI is InChI=1S/C85H140O17P2/c1-5-9-13-17-21-25-29-32-35-37-39-41-44-46-50-53-57-61-65-69-82(87)95-75-80(101-84(89)71-67-63-59-55-49-28-24-20-16-12-8-4)77-99-103(91,92)97-73-79(86)74-98-104(93,94)100-78-81(102-85(90)72-68-64-60-56-52-48-43-34-31-27-23-19-15-11-7-3)76-96-83(88)70-66-62-58-54-51-47-45-42-40-38-36-33-30-26-22-18-14-10-6-2/h9-10,13-14,20-27,32-36,39-43,46-47,50-51,79-81,86H,5-8,11-12,15-19,28-31,37-38,44-45,48-49,52-78H2,1-4H3,(H,91,92)(H,93,94)/b13-9-,14-10-,24-20-,25-21-,26-22-,27-23-,35-32-,36-33-,41-39-,42-40-,43-34-,50-46-,51-47-. The molecule has 0 heterocycles. The monoisotopic (exact) mass is 1490 g/mol. The highest BCUT2D eigenvalue weighted by molar-refractivity contribution is 7.47. The van der Waals surface area contributed by atoms with Crippen molar-refractivity contribution in [2.24, 2.45) is 0 Å². The number of phosphoric acid groups is 2. The summed E-state index contributed by atoms with van der Waals surface area (Å²) in [7, 11) is -9.99. The molecule has 0 spiro atoms. The Labute approximate surface area is 629 Å². The first-order valence-corrected chi connectivity index (χ1v) is 42.7. The van der Waals surface area contributed by atoms with Crippen LogP contribution < -0.4 is 0 Å². The van der Waals surface area contributed by atoms with Crippen LogP contribution in [-0.2, 0) is 65.4 Å². The molecule has 0 bridgehead atoms. The normalized spacial score (nSPS) is 14.7. The molecule has 0 rings (SSSR count). The Morgan fingerprint density at radius 2 is 0.510 bits per heavy atom. The summed E-state index contributed by atoms with van der Waals surface area (Å²) in [6, 6.07) is 0. The average Bonchev–Trinajstić information content (AvgIpc) is 0.929. The first-order chi connectivity index (χ1) is 50.7. The molecule has 0 saturated carbocycles. The molecule has 0 saturated heterocycles. The average molecular weight is 1500 g/mol. The molecule has 0 fully saturated rings. The SMILES string of the molecule is CC/C=C\C/C=C\C/C=C\C/C=C\C/C=C\CCCCCC(=O)OCC(COP(=O)(O)OCC(O)COP(=O)(O)OCC(COC(=O)CCCCC/C=C\C/C=C\C/C=C\C/C=C\C/C=C\CC)OC(=O)CCCCCCC/C=C\CCCC)OC(=O)CCCCCCC/C=C\C/C=C\CCCCC. The number of carbonyl (C=O) groups is 4. The van der Waals surface area contributed by atoms with Crippen LogP contribution in [0.2, 0.25) is 0 Å². The lowest BCUT2D eigenvalue weighted by atomic mass is 10.1. The number of carbonyl (C=O) groups excluding carboxylic acids is 4. The van der Waals surface area contributed by atoms with Crippen LogP contribution in [0.25, 0.3) is 0 Å². The predicted octanol–water partition coefficient (Wildman–Crippen LogP) is 23.2. The van der Waals surface area contributed by atoms with Crippen LogP contribution >= 0.6 is 15.6 Å². The fraction of sp³-hybridized carbons (Fsp3) is 0.647. The van der Waals surface area contributed by atoms with Gasteiger partial charge in [0.1, 0.15) is 19.3 Å². The number of aliphatic hydroxyl groups is 1. The number of phosphoric ester groups is 2. The van der Waals surface area contributed by atoms with Gasteiger partial charge in [0.05, 0.1) is 26.4 Å². The van der Waals surface area contributed by atoms with E-state index in [0.717, 1.165) is 186 Å². The summed E-state index contributed by atoms with van der Waals surface area (Å²) < 4.78 is 68.5. The third kappa shape index (κ3) is 74.9. The van der Waals surface area contributed by atoms with Gasteiger partial charge in [0.2, 0.25) is 0 Å². The third-order valence-corrected chi connectivity index (χ3v) is 17.9. The second-order valence-electron chi connectivity index (χ2n) is 25.9. The molecule has 0 radical (unpaired) electrons. The Kier molecular flexibility index (Phi) is 72.0. The van der Waals surface area contributed by atoms with Crippen LogP contribution in [0.5, 0.6) is 0 Å². The minimum Gasteiger partial charge on any atom is -0.462 e. The summed E-state index contributed by atoms with van der Waals surface area (Å²) in [4.78, 5) is 73.0. The summed E-state index contributed by atoms with van der Waals surface area (Å²) in [5, 5.41) is 10.6. The largest absolute Gasteiger partial charge is 0.472 e. The van der Waals surface area contributed by atoms with Crippen molar-refractivity contribution in [3.05, 3.63) is 158 Å². The fourth-order valence-electron chi connectivity index (χ4n) is 9.93. The quantitative estimate of drug-likeness (QED) is 0.0169. The zero-order chi connectivity index (χ0) is 76.0. The van der Waals surface area contributed by atoms with Gasteiger partial charge in [-0.15, -0.1) is 0 Å². The van der Waals surface area contributed by atoms with E-state index >= 15 is 0 Å². The smallest absolute Gasteiger partial charge is 0.462 e. The lowest BCUT2D eigenvalue weighted by molar-refractivity contribution is -0.161. The van der Waals surface area contributed by atoms with Gasteiger partial charge in [-0.05, 0) is 167 Å². The van der Waals surface area contributed by atoms with E-state index in [4.69, 9.17) is 37.0 Å². The first-order valence-electron chi connectivity index (χ1n) is 39.7. The van der Waals surface area contributed by atoms with Crippen LogP contribution in [0.15, 0.2) is 158 Å². The Balaban J connectivity index is 5.41. The van der Waals surface area contributed by atoms with Crippen molar-refractivity contribution in [1.29, 1.82) is 0 Å².